The van der Waals surface area contributed by atoms with E-state index in [0.29, 0.717) is 18.8 Å². The van der Waals surface area contributed by atoms with Crippen LogP contribution in [0.4, 0.5) is 0 Å². The van der Waals surface area contributed by atoms with Crippen molar-refractivity contribution in [2.45, 2.75) is 33.1 Å². The fourth-order valence-electron chi connectivity index (χ4n) is 2.04. The molecule has 0 spiro atoms. The van der Waals surface area contributed by atoms with Crippen LogP contribution >= 0.6 is 0 Å². The molecule has 0 aromatic heterocycles. The highest BCUT2D eigenvalue weighted by molar-refractivity contribution is 5.32. The van der Waals surface area contributed by atoms with Gasteiger partial charge in [0.25, 0.3) is 0 Å². The van der Waals surface area contributed by atoms with E-state index in [0.717, 1.165) is 25.1 Å². The molecular formula is C16H24N2O2. The van der Waals surface area contributed by atoms with Crippen molar-refractivity contribution in [3.05, 3.63) is 35.4 Å². The minimum Gasteiger partial charge on any atom is -0.353 e. The number of nitriles is 1. The van der Waals surface area contributed by atoms with Crippen molar-refractivity contribution in [2.75, 3.05) is 26.8 Å². The summed E-state index contributed by atoms with van der Waals surface area (Å²) in [6.45, 7) is 6.99. The normalized spacial score (nSPS) is 11.0. The molecule has 0 unspecified atom stereocenters. The number of benzene rings is 1. The molecule has 0 radical (unpaired) electrons. The van der Waals surface area contributed by atoms with Gasteiger partial charge < -0.3 is 14.4 Å². The molecule has 1 rings (SSSR count). The number of nitrogens with zero attached hydrogens (tertiary/aromatic N) is 2. The van der Waals surface area contributed by atoms with Crippen LogP contribution in [0, 0.1) is 11.3 Å². The van der Waals surface area contributed by atoms with E-state index in [1.165, 1.54) is 0 Å². The van der Waals surface area contributed by atoms with E-state index in [2.05, 4.69) is 18.0 Å². The summed E-state index contributed by atoms with van der Waals surface area (Å²) in [4.78, 5) is 2.21. The molecule has 0 saturated carbocycles. The van der Waals surface area contributed by atoms with Crippen LogP contribution < -0.4 is 0 Å². The first-order valence-corrected chi connectivity index (χ1v) is 7.10. The molecule has 0 aliphatic heterocycles. The Balaban J connectivity index is 2.42. The summed E-state index contributed by atoms with van der Waals surface area (Å²) in [6.07, 6.45) is 0.716. The van der Waals surface area contributed by atoms with Gasteiger partial charge in [-0.3, -0.25) is 0 Å². The predicted molar refractivity (Wildman–Crippen MR) is 79.1 cm³/mol. The summed E-state index contributed by atoms with van der Waals surface area (Å²) in [5, 5.41) is 8.89. The fraction of sp³-hybridized carbons (Fsp3) is 0.562. The lowest BCUT2D eigenvalue weighted by Gasteiger charge is -2.21. The maximum atomic E-state index is 8.89. The molecule has 1 aromatic rings. The second kappa shape index (κ2) is 9.49. The standard InChI is InChI=1S/C16H24N2O2/c1-4-19-16(20-5-2)9-10-18(3)13-15-8-6-7-14(11-15)12-17/h6-8,11,16H,4-5,9-10,13H2,1-3H3. The highest BCUT2D eigenvalue weighted by atomic mass is 16.7. The zero-order valence-electron chi connectivity index (χ0n) is 12.6. The average molecular weight is 276 g/mol. The molecule has 110 valence electrons. The first-order chi connectivity index (χ1) is 9.69. The Hall–Kier alpha value is -1.41. The monoisotopic (exact) mass is 276 g/mol. The van der Waals surface area contributed by atoms with Crippen LogP contribution in [0.1, 0.15) is 31.4 Å². The minimum absolute atomic E-state index is 0.127. The van der Waals surface area contributed by atoms with Gasteiger partial charge in [0.15, 0.2) is 6.29 Å². The average Bonchev–Trinajstić information content (AvgIpc) is 2.45. The molecule has 4 heteroatoms. The van der Waals surface area contributed by atoms with Gasteiger partial charge in [0, 0.05) is 32.7 Å². The van der Waals surface area contributed by atoms with E-state index >= 15 is 0 Å². The van der Waals surface area contributed by atoms with E-state index < -0.39 is 0 Å². The molecule has 20 heavy (non-hydrogen) atoms. The summed E-state index contributed by atoms with van der Waals surface area (Å²) < 4.78 is 11.1. The molecule has 0 saturated heterocycles. The van der Waals surface area contributed by atoms with Gasteiger partial charge in [0.05, 0.1) is 11.6 Å². The van der Waals surface area contributed by atoms with E-state index in [1.807, 2.05) is 38.1 Å². The van der Waals surface area contributed by atoms with Gasteiger partial charge in [-0.15, -0.1) is 0 Å². The van der Waals surface area contributed by atoms with Crippen molar-refractivity contribution in [3.63, 3.8) is 0 Å². The summed E-state index contributed by atoms with van der Waals surface area (Å²) >= 11 is 0. The Morgan fingerprint density at radius 2 is 1.95 bits per heavy atom. The van der Waals surface area contributed by atoms with Crippen molar-refractivity contribution < 1.29 is 9.47 Å². The summed E-state index contributed by atoms with van der Waals surface area (Å²) in [5.74, 6) is 0. The Morgan fingerprint density at radius 1 is 1.25 bits per heavy atom. The second-order valence-electron chi connectivity index (χ2n) is 4.68. The molecule has 0 fully saturated rings. The molecular weight excluding hydrogens is 252 g/mol. The zero-order valence-corrected chi connectivity index (χ0v) is 12.6. The summed E-state index contributed by atoms with van der Waals surface area (Å²) in [6, 6.07) is 9.88. The molecule has 0 N–H and O–H groups in total. The van der Waals surface area contributed by atoms with Crippen LogP contribution in [0.15, 0.2) is 24.3 Å². The van der Waals surface area contributed by atoms with E-state index in [9.17, 15) is 0 Å². The van der Waals surface area contributed by atoms with Crippen molar-refractivity contribution in [3.8, 4) is 6.07 Å². The van der Waals surface area contributed by atoms with E-state index in [4.69, 9.17) is 14.7 Å². The molecule has 0 aliphatic carbocycles. The maximum absolute atomic E-state index is 8.89. The molecule has 0 heterocycles. The highest BCUT2D eigenvalue weighted by Gasteiger charge is 2.09. The predicted octanol–water partition coefficient (Wildman–Crippen LogP) is 2.78. The number of rotatable bonds is 9. The quantitative estimate of drug-likeness (QED) is 0.651. The van der Waals surface area contributed by atoms with Gasteiger partial charge in [-0.1, -0.05) is 12.1 Å². The van der Waals surface area contributed by atoms with Crippen molar-refractivity contribution in [1.29, 1.82) is 5.26 Å². The van der Waals surface area contributed by atoms with Crippen molar-refractivity contribution in [1.82, 2.24) is 4.90 Å². The van der Waals surface area contributed by atoms with Gasteiger partial charge in [-0.25, -0.2) is 0 Å². The third-order valence-corrected chi connectivity index (χ3v) is 2.96. The number of hydrogen-bond acceptors (Lipinski definition) is 4. The molecule has 0 aliphatic rings. The Kier molecular flexibility index (Phi) is 7.89. The molecule has 0 amide bonds. The Labute approximate surface area is 121 Å². The largest absolute Gasteiger partial charge is 0.353 e. The summed E-state index contributed by atoms with van der Waals surface area (Å²) in [5.41, 5.74) is 1.85. The van der Waals surface area contributed by atoms with Crippen LogP contribution in [-0.2, 0) is 16.0 Å². The maximum Gasteiger partial charge on any atom is 0.158 e. The lowest BCUT2D eigenvalue weighted by Crippen LogP contribution is -2.26. The Morgan fingerprint density at radius 3 is 2.55 bits per heavy atom. The van der Waals surface area contributed by atoms with Crippen molar-refractivity contribution >= 4 is 0 Å². The fourth-order valence-corrected chi connectivity index (χ4v) is 2.04. The van der Waals surface area contributed by atoms with Crippen LogP contribution in [0.25, 0.3) is 0 Å². The van der Waals surface area contributed by atoms with Gasteiger partial charge >= 0.3 is 0 Å². The van der Waals surface area contributed by atoms with Gasteiger partial charge in [-0.05, 0) is 38.6 Å². The number of ether oxygens (including phenoxy) is 2. The van der Waals surface area contributed by atoms with Crippen LogP contribution in [-0.4, -0.2) is 38.0 Å². The highest BCUT2D eigenvalue weighted by Crippen LogP contribution is 2.08. The molecule has 0 bridgehead atoms. The van der Waals surface area contributed by atoms with Gasteiger partial charge in [-0.2, -0.15) is 5.26 Å². The number of hydrogen-bond donors (Lipinski definition) is 0. The topological polar surface area (TPSA) is 45.5 Å². The van der Waals surface area contributed by atoms with E-state index in [-0.39, 0.29) is 6.29 Å². The molecule has 0 atom stereocenters. The molecule has 4 nitrogen and oxygen atoms in total. The van der Waals surface area contributed by atoms with Crippen LogP contribution in [0.5, 0.6) is 0 Å². The van der Waals surface area contributed by atoms with Crippen LogP contribution in [0.2, 0.25) is 0 Å². The summed E-state index contributed by atoms with van der Waals surface area (Å²) in [7, 11) is 2.06. The lowest BCUT2D eigenvalue weighted by atomic mass is 10.1. The smallest absolute Gasteiger partial charge is 0.158 e. The lowest BCUT2D eigenvalue weighted by molar-refractivity contribution is -0.141. The van der Waals surface area contributed by atoms with Crippen LogP contribution in [0.3, 0.4) is 0 Å². The Bertz CT molecular complexity index is 423. The minimum atomic E-state index is -0.127. The molecule has 1 aromatic carbocycles. The van der Waals surface area contributed by atoms with E-state index in [1.54, 1.807) is 0 Å². The SMILES string of the molecule is CCOC(CCN(C)Cc1cccc(C#N)c1)OCC. The zero-order chi connectivity index (χ0) is 14.8. The first-order valence-electron chi connectivity index (χ1n) is 7.10. The third-order valence-electron chi connectivity index (χ3n) is 2.96. The van der Waals surface area contributed by atoms with Crippen molar-refractivity contribution in [2.24, 2.45) is 0 Å². The van der Waals surface area contributed by atoms with Gasteiger partial charge in [0.2, 0.25) is 0 Å². The van der Waals surface area contributed by atoms with Gasteiger partial charge in [0.1, 0.15) is 0 Å². The first kappa shape index (κ1) is 16.6. The third kappa shape index (κ3) is 6.16. The second-order valence-corrected chi connectivity index (χ2v) is 4.68.